The first-order chi connectivity index (χ1) is 6.24. The van der Waals surface area contributed by atoms with E-state index < -0.39 is 30.7 Å². The summed E-state index contributed by atoms with van der Waals surface area (Å²) >= 11 is 0. The van der Waals surface area contributed by atoms with Crippen LogP contribution < -0.4 is 0 Å². The molecule has 2 rings (SSSR count). The minimum Gasteiger partial charge on any atom is -0.406 e. The molecular weight excluding hydrogens is 179 g/mol. The summed E-state index contributed by atoms with van der Waals surface area (Å²) in [6.07, 6.45) is -4.18. The maximum absolute atomic E-state index is 9.40. The van der Waals surface area contributed by atoms with Crippen LogP contribution in [-0.4, -0.2) is 60.3 Å². The van der Waals surface area contributed by atoms with Gasteiger partial charge in [-0.25, -0.2) is 0 Å². The monoisotopic (exact) mass is 190 g/mol. The Hall–Kier alpha value is -0.175. The lowest BCUT2D eigenvalue weighted by Crippen LogP contribution is -2.57. The second kappa shape index (κ2) is 3.53. The fourth-order valence-corrected chi connectivity index (χ4v) is 1.64. The molecule has 0 aromatic rings. The van der Waals surface area contributed by atoms with E-state index >= 15 is 0 Å². The summed E-state index contributed by atoms with van der Waals surface area (Å²) in [5.74, 6) is 0. The number of ether oxygens (including phenoxy) is 1. The Morgan fingerprint density at radius 3 is 2.54 bits per heavy atom. The predicted molar refractivity (Wildman–Crippen MR) is 40.9 cm³/mol. The third-order valence-electron chi connectivity index (χ3n) is 2.33. The van der Waals surface area contributed by atoms with E-state index in [2.05, 4.69) is 0 Å². The van der Waals surface area contributed by atoms with Gasteiger partial charge in [0.05, 0.1) is 12.7 Å². The van der Waals surface area contributed by atoms with Crippen LogP contribution in [0.15, 0.2) is 0 Å². The van der Waals surface area contributed by atoms with Gasteiger partial charge in [0.15, 0.2) is 6.29 Å². The average Bonchev–Trinajstić information content (AvgIpc) is 2.60. The van der Waals surface area contributed by atoms with Gasteiger partial charge in [0.1, 0.15) is 18.3 Å². The third kappa shape index (κ3) is 1.47. The van der Waals surface area contributed by atoms with Gasteiger partial charge in [-0.2, -0.15) is 0 Å². The Morgan fingerprint density at radius 2 is 1.85 bits per heavy atom. The number of hydrogen-bond acceptors (Lipinski definition) is 6. The zero-order valence-electron chi connectivity index (χ0n) is 6.87. The highest BCUT2D eigenvalue weighted by atomic mass is 16.7. The van der Waals surface area contributed by atoms with Crippen LogP contribution in [0.3, 0.4) is 0 Å². The molecule has 0 aliphatic carbocycles. The summed E-state index contributed by atoms with van der Waals surface area (Å²) in [6.45, 7) is -0.270. The van der Waals surface area contributed by atoms with E-state index in [-0.39, 0.29) is 14.3 Å². The Morgan fingerprint density at radius 1 is 1.15 bits per heavy atom. The highest BCUT2D eigenvalue weighted by Crippen LogP contribution is 2.27. The molecule has 0 amide bonds. The Labute approximate surface area is 75.3 Å². The van der Waals surface area contributed by atoms with Gasteiger partial charge in [-0.05, 0) is 0 Å². The molecule has 0 aromatic carbocycles. The van der Waals surface area contributed by atoms with Gasteiger partial charge in [-0.1, -0.05) is 0 Å². The van der Waals surface area contributed by atoms with E-state index in [1.807, 2.05) is 0 Å². The summed E-state index contributed by atoms with van der Waals surface area (Å²) in [5.41, 5.74) is 0. The molecule has 2 aliphatic rings. The maximum atomic E-state index is 9.40. The van der Waals surface area contributed by atoms with Crippen LogP contribution >= 0.6 is 0 Å². The second-order valence-corrected chi connectivity index (χ2v) is 3.12. The average molecular weight is 190 g/mol. The molecule has 13 heavy (non-hydrogen) atoms. The van der Waals surface area contributed by atoms with Gasteiger partial charge >= 0.3 is 7.69 Å². The molecule has 0 aromatic heterocycles. The number of fused-ring (bicyclic) bond motifs is 1. The summed E-state index contributed by atoms with van der Waals surface area (Å²) in [7, 11) is 0.0545. The van der Waals surface area contributed by atoms with Crippen molar-refractivity contribution in [2.45, 2.75) is 30.7 Å². The zero-order chi connectivity index (χ0) is 9.42. The smallest absolute Gasteiger partial charge is 0.406 e. The van der Waals surface area contributed by atoms with Gasteiger partial charge < -0.3 is 29.4 Å². The molecule has 2 unspecified atom stereocenters. The number of rotatable bonds is 1. The molecule has 5 atom stereocenters. The molecule has 0 saturated carbocycles. The Kier molecular flexibility index (Phi) is 2.54. The fourth-order valence-electron chi connectivity index (χ4n) is 1.64. The minimum absolute atomic E-state index is 0.0545. The van der Waals surface area contributed by atoms with Gasteiger partial charge in [0, 0.05) is 0 Å². The summed E-state index contributed by atoms with van der Waals surface area (Å²) in [4.78, 5) is 0. The van der Waals surface area contributed by atoms with Gasteiger partial charge in [0.2, 0.25) is 0 Å². The number of hydrogen-bond donors (Lipinski definition) is 3. The molecule has 2 saturated heterocycles. The van der Waals surface area contributed by atoms with Gasteiger partial charge in [-0.15, -0.1) is 0 Å². The molecule has 2 heterocycles. The van der Waals surface area contributed by atoms with Crippen LogP contribution in [0.5, 0.6) is 0 Å². The van der Waals surface area contributed by atoms with Crippen LogP contribution in [0.2, 0.25) is 0 Å². The molecule has 3 N–H and O–H groups in total. The van der Waals surface area contributed by atoms with Crippen LogP contribution in [0.1, 0.15) is 0 Å². The summed E-state index contributed by atoms with van der Waals surface area (Å²) in [6, 6.07) is 0. The van der Waals surface area contributed by atoms with E-state index in [0.29, 0.717) is 0 Å². The van der Waals surface area contributed by atoms with Gasteiger partial charge in [0.25, 0.3) is 0 Å². The second-order valence-electron chi connectivity index (χ2n) is 3.12. The third-order valence-corrected chi connectivity index (χ3v) is 2.33. The SMILES string of the molecule is OCC1OC(O)[C@@H](O)[C@H]2OBO[C@H]12. The molecule has 2 aliphatic heterocycles. The van der Waals surface area contributed by atoms with Crippen LogP contribution in [0.4, 0.5) is 0 Å². The lowest BCUT2D eigenvalue weighted by molar-refractivity contribution is -0.264. The van der Waals surface area contributed by atoms with Crippen LogP contribution in [0.25, 0.3) is 0 Å². The predicted octanol–water partition coefficient (Wildman–Crippen LogP) is -2.89. The van der Waals surface area contributed by atoms with E-state index in [0.717, 1.165) is 0 Å². The largest absolute Gasteiger partial charge is 0.438 e. The van der Waals surface area contributed by atoms with Crippen molar-refractivity contribution < 1.29 is 29.4 Å². The molecule has 7 heteroatoms. The highest BCUT2D eigenvalue weighted by molar-refractivity contribution is 6.19. The fraction of sp³-hybridized carbons (Fsp3) is 1.00. The quantitative estimate of drug-likeness (QED) is 0.384. The van der Waals surface area contributed by atoms with Crippen molar-refractivity contribution in [2.24, 2.45) is 0 Å². The molecule has 0 bridgehead atoms. The summed E-state index contributed by atoms with van der Waals surface area (Å²) < 4.78 is 15.1. The first-order valence-corrected chi connectivity index (χ1v) is 4.09. The van der Waals surface area contributed by atoms with Crippen LogP contribution in [-0.2, 0) is 14.0 Å². The van der Waals surface area contributed by atoms with Crippen LogP contribution in [0, 0.1) is 0 Å². The number of aliphatic hydroxyl groups is 3. The lowest BCUT2D eigenvalue weighted by atomic mass is 10.00. The van der Waals surface area contributed by atoms with Crippen molar-refractivity contribution in [3.63, 3.8) is 0 Å². The topological polar surface area (TPSA) is 88.4 Å². The number of aliphatic hydroxyl groups excluding tert-OH is 3. The van der Waals surface area contributed by atoms with E-state index in [4.69, 9.17) is 19.2 Å². The van der Waals surface area contributed by atoms with Crippen molar-refractivity contribution >= 4 is 7.69 Å². The highest BCUT2D eigenvalue weighted by Gasteiger charge is 2.48. The van der Waals surface area contributed by atoms with E-state index in [9.17, 15) is 10.2 Å². The van der Waals surface area contributed by atoms with Crippen molar-refractivity contribution in [2.75, 3.05) is 6.61 Å². The zero-order valence-corrected chi connectivity index (χ0v) is 6.87. The first-order valence-electron chi connectivity index (χ1n) is 4.09. The molecular formula is C6H11BO6. The summed E-state index contributed by atoms with van der Waals surface area (Å²) in [5, 5.41) is 27.5. The molecule has 74 valence electrons. The van der Waals surface area contributed by atoms with Crippen molar-refractivity contribution in [3.8, 4) is 0 Å². The van der Waals surface area contributed by atoms with E-state index in [1.54, 1.807) is 0 Å². The molecule has 6 nitrogen and oxygen atoms in total. The molecule has 0 spiro atoms. The van der Waals surface area contributed by atoms with Gasteiger partial charge in [-0.3, -0.25) is 0 Å². The standard InChI is InChI=1S/C6H11BO6/c8-1-2-4-5(13-7-12-4)3(9)6(10)11-2/h2-10H,1H2/t2?,3-,4+,5+,6?/m0/s1. The molecule has 0 radical (unpaired) electrons. The lowest BCUT2D eigenvalue weighted by Gasteiger charge is -2.37. The van der Waals surface area contributed by atoms with Crippen molar-refractivity contribution in [1.29, 1.82) is 0 Å². The first kappa shape index (κ1) is 9.38. The van der Waals surface area contributed by atoms with E-state index in [1.165, 1.54) is 0 Å². The van der Waals surface area contributed by atoms with Crippen molar-refractivity contribution in [1.82, 2.24) is 0 Å². The Bertz CT molecular complexity index is 186. The normalized spacial score (nSPS) is 49.9. The minimum atomic E-state index is -1.32. The van der Waals surface area contributed by atoms with Crippen molar-refractivity contribution in [3.05, 3.63) is 0 Å². The molecule has 2 fully saturated rings. The maximum Gasteiger partial charge on any atom is 0.438 e. The Balaban J connectivity index is 2.11.